The normalized spacial score (nSPS) is 10.7. The number of hydrogen-bond acceptors (Lipinski definition) is 4. The molecular weight excluding hydrogens is 297 g/mol. The van der Waals surface area contributed by atoms with Gasteiger partial charge in [-0.25, -0.2) is 4.98 Å². The minimum Gasteiger partial charge on any atom is -0.253 e. The number of nitroso groups, excluding NO2 is 1. The van der Waals surface area contributed by atoms with Crippen molar-refractivity contribution in [1.82, 2.24) is 9.97 Å². The summed E-state index contributed by atoms with van der Waals surface area (Å²) >= 11 is 12.0. The van der Waals surface area contributed by atoms with Gasteiger partial charge in [0.15, 0.2) is 0 Å². The van der Waals surface area contributed by atoms with Crippen LogP contribution in [-0.2, 0) is 0 Å². The number of hydrogen-bond donors (Lipinski definition) is 0. The first-order chi connectivity index (χ1) is 9.70. The van der Waals surface area contributed by atoms with Gasteiger partial charge in [0, 0.05) is 28.7 Å². The Hall–Kier alpha value is -2.04. The summed E-state index contributed by atoms with van der Waals surface area (Å²) in [5, 5.41) is 5.23. The molecule has 0 aliphatic heterocycles. The molecule has 6 heteroatoms. The molecule has 3 aromatic rings. The van der Waals surface area contributed by atoms with Gasteiger partial charge in [0.05, 0.1) is 5.02 Å². The SMILES string of the molecule is O=Nc1c(-c2ccccc2Cl)ncc2cc(Cl)ncc12. The number of nitrogens with zero attached hydrogens (tertiary/aromatic N) is 3. The fourth-order valence-electron chi connectivity index (χ4n) is 2.01. The Balaban J connectivity index is 2.35. The van der Waals surface area contributed by atoms with Gasteiger partial charge in [-0.15, -0.1) is 4.91 Å². The third-order valence-corrected chi connectivity index (χ3v) is 3.47. The Morgan fingerprint density at radius 2 is 1.85 bits per heavy atom. The molecule has 98 valence electrons. The van der Waals surface area contributed by atoms with Crippen molar-refractivity contribution < 1.29 is 0 Å². The fourth-order valence-corrected chi connectivity index (χ4v) is 2.41. The molecule has 0 radical (unpaired) electrons. The number of rotatable bonds is 2. The smallest absolute Gasteiger partial charge is 0.143 e. The van der Waals surface area contributed by atoms with E-state index in [2.05, 4.69) is 15.1 Å². The van der Waals surface area contributed by atoms with Crippen molar-refractivity contribution in [1.29, 1.82) is 0 Å². The van der Waals surface area contributed by atoms with Gasteiger partial charge < -0.3 is 0 Å². The third-order valence-electron chi connectivity index (χ3n) is 2.94. The minimum atomic E-state index is 0.208. The highest BCUT2D eigenvalue weighted by atomic mass is 35.5. The van der Waals surface area contributed by atoms with Crippen LogP contribution in [0, 0.1) is 4.91 Å². The molecule has 4 nitrogen and oxygen atoms in total. The van der Waals surface area contributed by atoms with Gasteiger partial charge in [-0.2, -0.15) is 0 Å². The molecule has 2 heterocycles. The summed E-state index contributed by atoms with van der Waals surface area (Å²) in [6.45, 7) is 0. The number of halogens is 2. The summed E-state index contributed by atoms with van der Waals surface area (Å²) in [5.41, 5.74) is 1.29. The van der Waals surface area contributed by atoms with Crippen LogP contribution in [0.15, 0.2) is 47.9 Å². The molecule has 0 spiro atoms. The van der Waals surface area contributed by atoms with Crippen molar-refractivity contribution in [2.75, 3.05) is 0 Å². The van der Waals surface area contributed by atoms with Gasteiger partial charge in [0.25, 0.3) is 0 Å². The second-order valence-electron chi connectivity index (χ2n) is 4.12. The molecule has 0 aliphatic carbocycles. The molecule has 0 bridgehead atoms. The maximum Gasteiger partial charge on any atom is 0.143 e. The van der Waals surface area contributed by atoms with E-state index in [1.54, 1.807) is 24.4 Å². The van der Waals surface area contributed by atoms with Gasteiger partial charge in [0.1, 0.15) is 16.5 Å². The van der Waals surface area contributed by atoms with Gasteiger partial charge in [-0.05, 0) is 17.3 Å². The van der Waals surface area contributed by atoms with E-state index in [9.17, 15) is 4.91 Å². The number of aromatic nitrogens is 2. The summed E-state index contributed by atoms with van der Waals surface area (Å²) in [6, 6.07) is 8.78. The van der Waals surface area contributed by atoms with Gasteiger partial charge in [-0.1, -0.05) is 41.4 Å². The van der Waals surface area contributed by atoms with Gasteiger partial charge >= 0.3 is 0 Å². The van der Waals surface area contributed by atoms with Crippen molar-refractivity contribution in [3.63, 3.8) is 0 Å². The Morgan fingerprint density at radius 1 is 1.05 bits per heavy atom. The highest BCUT2D eigenvalue weighted by Crippen LogP contribution is 2.37. The molecule has 20 heavy (non-hydrogen) atoms. The standard InChI is InChI=1S/C14H7Cl2N3O/c15-11-4-2-1-3-9(11)13-14(19-20)10-7-17-12(16)5-8(10)6-18-13/h1-7H. The van der Waals surface area contributed by atoms with E-state index in [0.29, 0.717) is 32.2 Å². The molecule has 3 rings (SSSR count). The van der Waals surface area contributed by atoms with Crippen LogP contribution < -0.4 is 0 Å². The van der Waals surface area contributed by atoms with Crippen LogP contribution in [0.4, 0.5) is 5.69 Å². The largest absolute Gasteiger partial charge is 0.253 e. The lowest BCUT2D eigenvalue weighted by Gasteiger charge is -2.08. The average Bonchev–Trinajstić information content (AvgIpc) is 2.46. The molecule has 0 unspecified atom stereocenters. The zero-order valence-corrected chi connectivity index (χ0v) is 11.6. The van der Waals surface area contributed by atoms with E-state index in [4.69, 9.17) is 23.2 Å². The second kappa shape index (κ2) is 5.15. The summed E-state index contributed by atoms with van der Waals surface area (Å²) < 4.78 is 0. The van der Waals surface area contributed by atoms with Gasteiger partial charge in [0.2, 0.25) is 0 Å². The fraction of sp³-hybridized carbons (Fsp3) is 0. The van der Waals surface area contributed by atoms with Crippen LogP contribution in [-0.4, -0.2) is 9.97 Å². The summed E-state index contributed by atoms with van der Waals surface area (Å²) in [6.07, 6.45) is 3.13. The van der Waals surface area contributed by atoms with E-state index in [1.807, 2.05) is 12.1 Å². The van der Waals surface area contributed by atoms with E-state index in [-0.39, 0.29) is 5.69 Å². The number of pyridine rings is 2. The lowest BCUT2D eigenvalue weighted by Crippen LogP contribution is -1.88. The maximum absolute atomic E-state index is 11.2. The second-order valence-corrected chi connectivity index (χ2v) is 4.92. The quantitative estimate of drug-likeness (QED) is 0.494. The summed E-state index contributed by atoms with van der Waals surface area (Å²) in [7, 11) is 0. The molecule has 0 aliphatic rings. The predicted octanol–water partition coefficient (Wildman–Crippen LogP) is 5.00. The van der Waals surface area contributed by atoms with Crippen LogP contribution in [0.2, 0.25) is 10.2 Å². The van der Waals surface area contributed by atoms with E-state index in [1.165, 1.54) is 6.20 Å². The molecule has 0 N–H and O–H groups in total. The van der Waals surface area contributed by atoms with E-state index < -0.39 is 0 Å². The van der Waals surface area contributed by atoms with Crippen molar-refractivity contribution in [2.24, 2.45) is 5.18 Å². The monoisotopic (exact) mass is 303 g/mol. The topological polar surface area (TPSA) is 55.2 Å². The molecule has 0 saturated heterocycles. The molecule has 0 saturated carbocycles. The minimum absolute atomic E-state index is 0.208. The van der Waals surface area contributed by atoms with Crippen molar-refractivity contribution >= 4 is 39.7 Å². The molecule has 0 atom stereocenters. The third kappa shape index (κ3) is 2.13. The van der Waals surface area contributed by atoms with Crippen molar-refractivity contribution in [3.05, 3.63) is 57.8 Å². The Bertz CT molecular complexity index is 821. The van der Waals surface area contributed by atoms with E-state index >= 15 is 0 Å². The Morgan fingerprint density at radius 3 is 2.60 bits per heavy atom. The Labute approximate surface area is 124 Å². The van der Waals surface area contributed by atoms with Gasteiger partial charge in [-0.3, -0.25) is 4.98 Å². The summed E-state index contributed by atoms with van der Waals surface area (Å²) in [5.74, 6) is 0. The highest BCUT2D eigenvalue weighted by Gasteiger charge is 2.14. The van der Waals surface area contributed by atoms with Crippen molar-refractivity contribution in [3.8, 4) is 11.3 Å². The molecule has 1 aromatic carbocycles. The Kier molecular flexibility index (Phi) is 3.34. The number of fused-ring (bicyclic) bond motifs is 1. The number of benzene rings is 1. The predicted molar refractivity (Wildman–Crippen MR) is 80.4 cm³/mol. The first-order valence-electron chi connectivity index (χ1n) is 5.73. The molecular formula is C14H7Cl2N3O. The van der Waals surface area contributed by atoms with E-state index in [0.717, 1.165) is 0 Å². The van der Waals surface area contributed by atoms with Crippen LogP contribution in [0.25, 0.3) is 22.0 Å². The zero-order valence-electron chi connectivity index (χ0n) is 10.0. The van der Waals surface area contributed by atoms with Crippen molar-refractivity contribution in [2.45, 2.75) is 0 Å². The molecule has 2 aromatic heterocycles. The van der Waals surface area contributed by atoms with Crippen LogP contribution in [0.5, 0.6) is 0 Å². The first-order valence-corrected chi connectivity index (χ1v) is 6.49. The maximum atomic E-state index is 11.2. The van der Waals surface area contributed by atoms with Crippen LogP contribution in [0.1, 0.15) is 0 Å². The molecule has 0 amide bonds. The first kappa shape index (κ1) is 13.0. The zero-order chi connectivity index (χ0) is 14.1. The molecule has 0 fully saturated rings. The average molecular weight is 304 g/mol. The lowest BCUT2D eigenvalue weighted by molar-refractivity contribution is 1.30. The van der Waals surface area contributed by atoms with Crippen LogP contribution in [0.3, 0.4) is 0 Å². The lowest BCUT2D eigenvalue weighted by atomic mass is 10.1. The summed E-state index contributed by atoms with van der Waals surface area (Å²) in [4.78, 5) is 19.5. The highest BCUT2D eigenvalue weighted by molar-refractivity contribution is 6.33. The van der Waals surface area contributed by atoms with Crippen LogP contribution >= 0.6 is 23.2 Å².